The molecule has 9 heteroatoms. The molecule has 0 aliphatic rings. The van der Waals surface area contributed by atoms with Gasteiger partial charge in [0.05, 0.1) is 11.1 Å². The van der Waals surface area contributed by atoms with Crippen molar-refractivity contribution in [3.8, 4) is 11.1 Å². The minimum atomic E-state index is -0.184. The lowest BCUT2D eigenvalue weighted by molar-refractivity contribution is 0.935. The van der Waals surface area contributed by atoms with Gasteiger partial charge in [0.15, 0.2) is 5.16 Å². The van der Waals surface area contributed by atoms with Crippen LogP contribution in [0.25, 0.3) is 21.3 Å². The number of hydrogen-bond donors (Lipinski definition) is 2. The van der Waals surface area contributed by atoms with Crippen LogP contribution < -0.4 is 11.3 Å². The Balaban J connectivity index is 1.67. The molecule has 3 heterocycles. The zero-order valence-electron chi connectivity index (χ0n) is 14.2. The first-order chi connectivity index (χ1) is 13.0. The van der Waals surface area contributed by atoms with Gasteiger partial charge in [0.25, 0.3) is 5.56 Å². The monoisotopic (exact) mass is 415 g/mol. The van der Waals surface area contributed by atoms with Gasteiger partial charge in [0.1, 0.15) is 16.5 Å². The van der Waals surface area contributed by atoms with E-state index >= 15 is 0 Å². The highest BCUT2D eigenvalue weighted by Crippen LogP contribution is 2.35. The van der Waals surface area contributed by atoms with Crippen LogP contribution in [0, 0.1) is 6.92 Å². The van der Waals surface area contributed by atoms with Gasteiger partial charge < -0.3 is 10.7 Å². The quantitative estimate of drug-likeness (QED) is 0.381. The molecule has 0 amide bonds. The maximum Gasteiger partial charge on any atom is 0.260 e. The van der Waals surface area contributed by atoms with Gasteiger partial charge in [-0.15, -0.1) is 11.3 Å². The molecular weight excluding hydrogens is 402 g/mol. The van der Waals surface area contributed by atoms with Gasteiger partial charge in [-0.25, -0.2) is 15.0 Å². The highest BCUT2D eigenvalue weighted by atomic mass is 35.5. The van der Waals surface area contributed by atoms with Crippen molar-refractivity contribution < 1.29 is 0 Å². The Morgan fingerprint density at radius 1 is 1.22 bits per heavy atom. The second kappa shape index (κ2) is 7.30. The van der Waals surface area contributed by atoms with Gasteiger partial charge in [-0.1, -0.05) is 41.6 Å². The number of thiophene rings is 1. The molecular formula is C18H14ClN5OS2. The van der Waals surface area contributed by atoms with Gasteiger partial charge in [-0.3, -0.25) is 4.79 Å². The average molecular weight is 416 g/mol. The van der Waals surface area contributed by atoms with Crippen LogP contribution in [-0.2, 0) is 5.75 Å². The number of aromatic amines is 1. The molecule has 6 nitrogen and oxygen atoms in total. The van der Waals surface area contributed by atoms with E-state index in [2.05, 4.69) is 19.9 Å². The predicted octanol–water partition coefficient (Wildman–Crippen LogP) is 4.28. The molecule has 0 radical (unpaired) electrons. The Labute approximate surface area is 167 Å². The highest BCUT2D eigenvalue weighted by Gasteiger charge is 2.15. The van der Waals surface area contributed by atoms with E-state index in [-0.39, 0.29) is 5.56 Å². The summed E-state index contributed by atoms with van der Waals surface area (Å²) in [5, 5.41) is 3.62. The first-order valence-corrected chi connectivity index (χ1v) is 10.2. The summed E-state index contributed by atoms with van der Waals surface area (Å²) in [5.41, 5.74) is 7.98. The summed E-state index contributed by atoms with van der Waals surface area (Å²) in [7, 11) is 0. The minimum Gasteiger partial charge on any atom is -0.384 e. The smallest absolute Gasteiger partial charge is 0.260 e. The molecule has 3 N–H and O–H groups in total. The number of nitrogens with two attached hydrogens (primary N) is 1. The molecule has 27 heavy (non-hydrogen) atoms. The highest BCUT2D eigenvalue weighted by molar-refractivity contribution is 7.98. The molecule has 0 aliphatic carbocycles. The number of aromatic nitrogens is 4. The van der Waals surface area contributed by atoms with Crippen molar-refractivity contribution >= 4 is 50.7 Å². The lowest BCUT2D eigenvalue weighted by Gasteiger charge is -2.04. The third kappa shape index (κ3) is 3.69. The molecule has 4 aromatic rings. The van der Waals surface area contributed by atoms with Crippen molar-refractivity contribution in [2.24, 2.45) is 0 Å². The number of aryl methyl sites for hydroxylation is 1. The average Bonchev–Trinajstić information content (AvgIpc) is 3.04. The van der Waals surface area contributed by atoms with Crippen LogP contribution in [0.2, 0.25) is 5.02 Å². The molecule has 1 aromatic carbocycles. The number of halogens is 1. The SMILES string of the molecule is Cc1cc(N)nc(SCc2nc3scc(-c4ccccc4Cl)c3c(=O)[nH]2)n1. The van der Waals surface area contributed by atoms with Crippen LogP contribution in [-0.4, -0.2) is 19.9 Å². The fourth-order valence-electron chi connectivity index (χ4n) is 2.70. The van der Waals surface area contributed by atoms with E-state index in [0.717, 1.165) is 16.8 Å². The number of H-pyrrole nitrogens is 1. The molecule has 0 saturated carbocycles. The van der Waals surface area contributed by atoms with Crippen LogP contribution in [0.4, 0.5) is 5.82 Å². The lowest BCUT2D eigenvalue weighted by Crippen LogP contribution is -2.11. The Bertz CT molecular complexity index is 1180. The molecule has 0 saturated heterocycles. The fourth-order valence-corrected chi connectivity index (χ4v) is 4.68. The predicted molar refractivity (Wildman–Crippen MR) is 111 cm³/mol. The van der Waals surface area contributed by atoms with Gasteiger partial charge in [-0.2, -0.15) is 0 Å². The van der Waals surface area contributed by atoms with E-state index in [0.29, 0.717) is 37.8 Å². The number of nitrogens with zero attached hydrogens (tertiary/aromatic N) is 3. The van der Waals surface area contributed by atoms with Crippen LogP contribution in [0.3, 0.4) is 0 Å². The molecule has 0 atom stereocenters. The second-order valence-corrected chi connectivity index (χ2v) is 8.04. The van der Waals surface area contributed by atoms with Crippen LogP contribution in [0.1, 0.15) is 11.5 Å². The summed E-state index contributed by atoms with van der Waals surface area (Å²) in [6.45, 7) is 1.86. The van der Waals surface area contributed by atoms with E-state index in [1.807, 2.05) is 30.5 Å². The van der Waals surface area contributed by atoms with Crippen LogP contribution in [0.15, 0.2) is 45.7 Å². The Morgan fingerprint density at radius 2 is 2.04 bits per heavy atom. The summed E-state index contributed by atoms with van der Waals surface area (Å²) < 4.78 is 0. The molecule has 136 valence electrons. The van der Waals surface area contributed by atoms with Crippen molar-refractivity contribution in [3.63, 3.8) is 0 Å². The van der Waals surface area contributed by atoms with Crippen molar-refractivity contribution in [2.45, 2.75) is 17.8 Å². The molecule has 0 aliphatic heterocycles. The third-order valence-corrected chi connectivity index (χ3v) is 5.91. The van der Waals surface area contributed by atoms with E-state index in [1.54, 1.807) is 12.1 Å². The summed E-state index contributed by atoms with van der Waals surface area (Å²) in [6, 6.07) is 9.16. The number of hydrogen-bond acceptors (Lipinski definition) is 7. The molecule has 0 fully saturated rings. The largest absolute Gasteiger partial charge is 0.384 e. The molecule has 0 unspecified atom stereocenters. The Morgan fingerprint density at radius 3 is 2.81 bits per heavy atom. The molecule has 3 aromatic heterocycles. The third-order valence-electron chi connectivity index (χ3n) is 3.85. The Kier molecular flexibility index (Phi) is 4.86. The van der Waals surface area contributed by atoms with E-state index < -0.39 is 0 Å². The lowest BCUT2D eigenvalue weighted by atomic mass is 10.1. The topological polar surface area (TPSA) is 97.5 Å². The number of nitrogens with one attached hydrogen (secondary N) is 1. The molecule has 0 bridgehead atoms. The first kappa shape index (κ1) is 18.0. The van der Waals surface area contributed by atoms with Crippen molar-refractivity contribution in [1.29, 1.82) is 0 Å². The normalized spacial score (nSPS) is 11.2. The zero-order valence-corrected chi connectivity index (χ0v) is 16.6. The fraction of sp³-hybridized carbons (Fsp3) is 0.111. The summed E-state index contributed by atoms with van der Waals surface area (Å²) in [5.74, 6) is 1.42. The second-order valence-electron chi connectivity index (χ2n) is 5.83. The Hall–Kier alpha value is -2.42. The van der Waals surface area contributed by atoms with Gasteiger partial charge in [-0.05, 0) is 13.0 Å². The number of benzene rings is 1. The number of fused-ring (bicyclic) bond motifs is 1. The minimum absolute atomic E-state index is 0.184. The summed E-state index contributed by atoms with van der Waals surface area (Å²) in [4.78, 5) is 29.3. The van der Waals surface area contributed by atoms with Crippen LogP contribution in [0.5, 0.6) is 0 Å². The molecule has 4 rings (SSSR count). The van der Waals surface area contributed by atoms with E-state index in [1.165, 1.54) is 23.1 Å². The molecule has 0 spiro atoms. The van der Waals surface area contributed by atoms with Gasteiger partial charge >= 0.3 is 0 Å². The summed E-state index contributed by atoms with van der Waals surface area (Å²) >= 11 is 9.08. The van der Waals surface area contributed by atoms with E-state index in [9.17, 15) is 4.79 Å². The first-order valence-electron chi connectivity index (χ1n) is 8.00. The van der Waals surface area contributed by atoms with Gasteiger partial charge in [0.2, 0.25) is 0 Å². The summed E-state index contributed by atoms with van der Waals surface area (Å²) in [6.07, 6.45) is 0. The maximum atomic E-state index is 12.7. The zero-order chi connectivity index (χ0) is 19.0. The number of thioether (sulfide) groups is 1. The number of anilines is 1. The van der Waals surface area contributed by atoms with Crippen molar-refractivity contribution in [1.82, 2.24) is 19.9 Å². The number of rotatable bonds is 4. The van der Waals surface area contributed by atoms with Gasteiger partial charge in [0, 0.05) is 33.3 Å². The number of nitrogen functional groups attached to an aromatic ring is 1. The van der Waals surface area contributed by atoms with Crippen molar-refractivity contribution in [3.05, 3.63) is 62.6 Å². The maximum absolute atomic E-state index is 12.7. The standard InChI is InChI=1S/C18H14ClN5OS2/c1-9-6-13(20)22-18(21-9)27-8-14-23-16(25)15-11(7-26-17(15)24-14)10-4-2-3-5-12(10)19/h2-7H,8H2,1H3,(H2,20,21,22)(H,23,24,25). The van der Waals surface area contributed by atoms with Crippen LogP contribution >= 0.6 is 34.7 Å². The van der Waals surface area contributed by atoms with Crippen molar-refractivity contribution in [2.75, 3.05) is 5.73 Å². The van der Waals surface area contributed by atoms with E-state index in [4.69, 9.17) is 17.3 Å².